The summed E-state index contributed by atoms with van der Waals surface area (Å²) in [7, 11) is 0. The van der Waals surface area contributed by atoms with Crippen molar-refractivity contribution in [3.63, 3.8) is 0 Å². The first-order valence-electron chi connectivity index (χ1n) is 5.18. The minimum absolute atomic E-state index is 0.0983. The largest absolute Gasteiger partial charge is 0.311 e. The molecular formula is C11H15N3O3. The summed E-state index contributed by atoms with van der Waals surface area (Å²) in [6.07, 6.45) is 1.48. The van der Waals surface area contributed by atoms with Crippen LogP contribution in [0.5, 0.6) is 0 Å². The summed E-state index contributed by atoms with van der Waals surface area (Å²) in [5.41, 5.74) is -0.205. The molecule has 92 valence electrons. The van der Waals surface area contributed by atoms with Gasteiger partial charge in [0, 0.05) is 12.5 Å². The molecule has 0 aliphatic carbocycles. The van der Waals surface area contributed by atoms with Gasteiger partial charge in [0.25, 0.3) is 5.69 Å². The number of anilines is 1. The number of hydrogen-bond acceptors (Lipinski definition) is 4. The summed E-state index contributed by atoms with van der Waals surface area (Å²) in [6, 6.07) is 2.72. The van der Waals surface area contributed by atoms with E-state index < -0.39 is 4.92 Å². The number of pyridine rings is 1. The van der Waals surface area contributed by atoms with Crippen LogP contribution in [0.25, 0.3) is 0 Å². The van der Waals surface area contributed by atoms with Crippen LogP contribution in [0.2, 0.25) is 0 Å². The normalized spacial score (nSPS) is 11.0. The first-order valence-corrected chi connectivity index (χ1v) is 5.18. The van der Waals surface area contributed by atoms with Gasteiger partial charge < -0.3 is 5.32 Å². The number of carbonyl (C=O) groups is 1. The van der Waals surface area contributed by atoms with Crippen molar-refractivity contribution in [1.29, 1.82) is 0 Å². The van der Waals surface area contributed by atoms with Crippen molar-refractivity contribution in [3.8, 4) is 0 Å². The molecule has 6 nitrogen and oxygen atoms in total. The van der Waals surface area contributed by atoms with Gasteiger partial charge in [-0.25, -0.2) is 4.98 Å². The number of hydrogen-bond donors (Lipinski definition) is 1. The van der Waals surface area contributed by atoms with E-state index in [9.17, 15) is 14.9 Å². The van der Waals surface area contributed by atoms with Gasteiger partial charge in [0.2, 0.25) is 5.91 Å². The van der Waals surface area contributed by atoms with E-state index >= 15 is 0 Å². The van der Waals surface area contributed by atoms with Crippen LogP contribution in [-0.4, -0.2) is 15.8 Å². The van der Waals surface area contributed by atoms with Crippen LogP contribution in [0.3, 0.4) is 0 Å². The summed E-state index contributed by atoms with van der Waals surface area (Å²) < 4.78 is 0. The number of nitrogens with zero attached hydrogens (tertiary/aromatic N) is 2. The molecule has 1 aromatic heterocycles. The Labute approximate surface area is 99.2 Å². The maximum absolute atomic E-state index is 11.6. The maximum atomic E-state index is 11.6. The van der Waals surface area contributed by atoms with Crippen molar-refractivity contribution in [2.24, 2.45) is 5.41 Å². The lowest BCUT2D eigenvalue weighted by Gasteiger charge is -2.16. The zero-order chi connectivity index (χ0) is 13.1. The highest BCUT2D eigenvalue weighted by Crippen LogP contribution is 2.19. The lowest BCUT2D eigenvalue weighted by molar-refractivity contribution is -0.385. The Morgan fingerprint density at radius 1 is 1.47 bits per heavy atom. The molecular weight excluding hydrogens is 222 g/mol. The smallest absolute Gasteiger partial charge is 0.287 e. The topological polar surface area (TPSA) is 85.1 Å². The average molecular weight is 237 g/mol. The van der Waals surface area contributed by atoms with Crippen LogP contribution < -0.4 is 5.32 Å². The Bertz CT molecular complexity index is 421. The quantitative estimate of drug-likeness (QED) is 0.646. The molecule has 0 spiro atoms. The third-order valence-electron chi connectivity index (χ3n) is 1.92. The molecule has 0 atom stereocenters. The number of nitrogens with one attached hydrogen (secondary N) is 1. The molecule has 0 saturated heterocycles. The molecule has 0 aliphatic rings. The third kappa shape index (κ3) is 4.58. The summed E-state index contributed by atoms with van der Waals surface area (Å²) in [5.74, 6) is 0.170. The highest BCUT2D eigenvalue weighted by Gasteiger charge is 2.16. The molecule has 1 N–H and O–H groups in total. The predicted molar refractivity (Wildman–Crippen MR) is 63.6 cm³/mol. The van der Waals surface area contributed by atoms with Crippen molar-refractivity contribution < 1.29 is 9.72 Å². The van der Waals surface area contributed by atoms with Crippen LogP contribution in [0.4, 0.5) is 11.5 Å². The van der Waals surface area contributed by atoms with Gasteiger partial charge in [0.05, 0.1) is 4.92 Å². The molecule has 0 saturated carbocycles. The molecule has 1 heterocycles. The lowest BCUT2D eigenvalue weighted by atomic mass is 9.92. The molecule has 1 rings (SSSR count). The number of amides is 1. The monoisotopic (exact) mass is 237 g/mol. The number of rotatable bonds is 3. The molecule has 1 amide bonds. The van der Waals surface area contributed by atoms with Gasteiger partial charge in [0.15, 0.2) is 0 Å². The second kappa shape index (κ2) is 4.90. The van der Waals surface area contributed by atoms with Crippen molar-refractivity contribution in [1.82, 2.24) is 4.98 Å². The van der Waals surface area contributed by atoms with Crippen LogP contribution in [0.15, 0.2) is 18.3 Å². The fraction of sp³-hybridized carbons (Fsp3) is 0.455. The molecule has 0 unspecified atom stereocenters. The van der Waals surface area contributed by atoms with Gasteiger partial charge in [-0.15, -0.1) is 0 Å². The van der Waals surface area contributed by atoms with Gasteiger partial charge in [-0.3, -0.25) is 14.9 Å². The average Bonchev–Trinajstić information content (AvgIpc) is 2.15. The Balaban J connectivity index is 2.64. The van der Waals surface area contributed by atoms with Crippen LogP contribution in [0.1, 0.15) is 27.2 Å². The zero-order valence-electron chi connectivity index (χ0n) is 10.1. The Hall–Kier alpha value is -1.98. The van der Waals surface area contributed by atoms with Gasteiger partial charge in [-0.1, -0.05) is 20.8 Å². The predicted octanol–water partition coefficient (Wildman–Crippen LogP) is 2.36. The Morgan fingerprint density at radius 2 is 2.12 bits per heavy atom. The van der Waals surface area contributed by atoms with Crippen LogP contribution in [0, 0.1) is 15.5 Å². The van der Waals surface area contributed by atoms with E-state index in [4.69, 9.17) is 0 Å². The van der Waals surface area contributed by atoms with E-state index in [1.807, 2.05) is 20.8 Å². The molecule has 6 heteroatoms. The summed E-state index contributed by atoms with van der Waals surface area (Å²) in [5, 5.41) is 13.0. The van der Waals surface area contributed by atoms with Crippen molar-refractivity contribution in [2.45, 2.75) is 27.2 Å². The van der Waals surface area contributed by atoms with Crippen LogP contribution in [-0.2, 0) is 4.79 Å². The Kier molecular flexibility index (Phi) is 3.77. The van der Waals surface area contributed by atoms with E-state index in [2.05, 4.69) is 10.3 Å². The number of carbonyl (C=O) groups excluding carboxylic acids is 1. The third-order valence-corrected chi connectivity index (χ3v) is 1.92. The van der Waals surface area contributed by atoms with Crippen LogP contribution >= 0.6 is 0 Å². The zero-order valence-corrected chi connectivity index (χ0v) is 10.1. The van der Waals surface area contributed by atoms with E-state index in [0.29, 0.717) is 12.2 Å². The van der Waals surface area contributed by atoms with Gasteiger partial charge in [0.1, 0.15) is 12.0 Å². The van der Waals surface area contributed by atoms with E-state index in [1.54, 1.807) is 0 Å². The minimum Gasteiger partial charge on any atom is -0.311 e. The Morgan fingerprint density at radius 3 is 2.53 bits per heavy atom. The minimum atomic E-state index is -0.534. The molecule has 1 aromatic rings. The molecule has 17 heavy (non-hydrogen) atoms. The molecule has 0 bridgehead atoms. The molecule has 0 fully saturated rings. The summed E-state index contributed by atoms with van der Waals surface area (Å²) in [6.45, 7) is 5.86. The fourth-order valence-corrected chi connectivity index (χ4v) is 1.24. The highest BCUT2D eigenvalue weighted by molar-refractivity contribution is 5.90. The second-order valence-electron chi connectivity index (χ2n) is 4.94. The highest BCUT2D eigenvalue weighted by atomic mass is 16.6. The molecule has 0 aromatic carbocycles. The second-order valence-corrected chi connectivity index (χ2v) is 4.94. The van der Waals surface area contributed by atoms with Crippen molar-refractivity contribution in [2.75, 3.05) is 5.32 Å². The van der Waals surface area contributed by atoms with Crippen molar-refractivity contribution >= 4 is 17.4 Å². The molecule has 0 aliphatic heterocycles. The standard InChI is InChI=1S/C11H15N3O3/c1-11(2,3)6-10(15)13-9-5-4-8(7-12-9)14(16)17/h4-5,7H,6H2,1-3H3,(H,12,13,15). The first-order chi connectivity index (χ1) is 7.78. The number of nitro groups is 1. The molecule has 0 radical (unpaired) electrons. The SMILES string of the molecule is CC(C)(C)CC(=O)Nc1ccc([N+](=O)[O-])cn1. The number of aromatic nitrogens is 1. The van der Waals surface area contributed by atoms with Crippen molar-refractivity contribution in [3.05, 3.63) is 28.4 Å². The summed E-state index contributed by atoms with van der Waals surface area (Å²) >= 11 is 0. The lowest BCUT2D eigenvalue weighted by Crippen LogP contribution is -2.20. The van der Waals surface area contributed by atoms with E-state index in [-0.39, 0.29) is 17.0 Å². The maximum Gasteiger partial charge on any atom is 0.287 e. The van der Waals surface area contributed by atoms with Gasteiger partial charge in [-0.2, -0.15) is 0 Å². The summed E-state index contributed by atoms with van der Waals surface area (Å²) in [4.78, 5) is 25.2. The first kappa shape index (κ1) is 13.1. The van der Waals surface area contributed by atoms with E-state index in [1.165, 1.54) is 12.1 Å². The van der Waals surface area contributed by atoms with E-state index in [0.717, 1.165) is 6.20 Å². The van der Waals surface area contributed by atoms with Gasteiger partial charge >= 0.3 is 0 Å². The fourth-order valence-electron chi connectivity index (χ4n) is 1.24. The van der Waals surface area contributed by atoms with Gasteiger partial charge in [-0.05, 0) is 11.5 Å².